The van der Waals surface area contributed by atoms with E-state index in [1.54, 1.807) is 0 Å². The highest BCUT2D eigenvalue weighted by Crippen LogP contribution is 2.14. The number of aryl methyl sites for hydroxylation is 1. The van der Waals surface area contributed by atoms with Crippen LogP contribution in [0.3, 0.4) is 0 Å². The van der Waals surface area contributed by atoms with Crippen molar-refractivity contribution >= 4 is 0 Å². The Morgan fingerprint density at radius 2 is 2.00 bits per heavy atom. The molecule has 1 saturated heterocycles. The molecule has 5 heteroatoms. The summed E-state index contributed by atoms with van der Waals surface area (Å²) in [4.78, 5) is 2.38. The van der Waals surface area contributed by atoms with Crippen molar-refractivity contribution in [2.45, 2.75) is 20.0 Å². The van der Waals surface area contributed by atoms with Crippen LogP contribution in [0.1, 0.15) is 17.1 Å². The summed E-state index contributed by atoms with van der Waals surface area (Å²) in [6.07, 6.45) is 0. The molecule has 0 amide bonds. The van der Waals surface area contributed by atoms with Crippen LogP contribution in [0.5, 0.6) is 5.75 Å². The first-order valence-corrected chi connectivity index (χ1v) is 8.57. The van der Waals surface area contributed by atoms with Crippen LogP contribution in [0.2, 0.25) is 0 Å². The maximum absolute atomic E-state index is 5.89. The third kappa shape index (κ3) is 5.37. The molecular weight excluding hydrogens is 304 g/mol. The van der Waals surface area contributed by atoms with Gasteiger partial charge in [0.1, 0.15) is 23.9 Å². The monoisotopic (exact) mass is 330 g/mol. The molecule has 2 heterocycles. The molecule has 1 fully saturated rings. The topological polar surface area (TPSA) is 46.9 Å². The third-order valence-electron chi connectivity index (χ3n) is 4.10. The minimum Gasteiger partial charge on any atom is -0.492 e. The van der Waals surface area contributed by atoms with E-state index in [-0.39, 0.29) is 0 Å². The van der Waals surface area contributed by atoms with Gasteiger partial charge in [-0.1, -0.05) is 12.1 Å². The first kappa shape index (κ1) is 17.0. The number of hydrogen-bond donors (Lipinski definition) is 1. The second-order valence-corrected chi connectivity index (χ2v) is 6.07. The third-order valence-corrected chi connectivity index (χ3v) is 4.10. The largest absolute Gasteiger partial charge is 0.492 e. The summed E-state index contributed by atoms with van der Waals surface area (Å²) < 4.78 is 16.8. The first-order chi connectivity index (χ1) is 11.8. The minimum absolute atomic E-state index is 0.711. The molecule has 5 nitrogen and oxygen atoms in total. The number of nitrogens with one attached hydrogen (secondary N) is 1. The van der Waals surface area contributed by atoms with Gasteiger partial charge in [0.2, 0.25) is 0 Å². The van der Waals surface area contributed by atoms with Crippen molar-refractivity contribution in [2.24, 2.45) is 0 Å². The standard InChI is InChI=1S/C19H26N2O3/c1-16-5-6-19(24-16)15-20-14-17-3-2-4-18(13-17)23-12-9-21-7-10-22-11-8-21/h2-6,13,20H,7-12,14-15H2,1H3. The molecule has 0 spiro atoms. The molecule has 0 atom stereocenters. The van der Waals surface area contributed by atoms with Crippen molar-refractivity contribution in [3.05, 3.63) is 53.5 Å². The van der Waals surface area contributed by atoms with Gasteiger partial charge >= 0.3 is 0 Å². The highest BCUT2D eigenvalue weighted by Gasteiger charge is 2.09. The maximum atomic E-state index is 5.89. The molecule has 1 aliphatic rings. The van der Waals surface area contributed by atoms with Crippen molar-refractivity contribution in [1.29, 1.82) is 0 Å². The van der Waals surface area contributed by atoms with Crippen molar-refractivity contribution in [1.82, 2.24) is 10.2 Å². The lowest BCUT2D eigenvalue weighted by molar-refractivity contribution is 0.0322. The number of ether oxygens (including phenoxy) is 2. The highest BCUT2D eigenvalue weighted by molar-refractivity contribution is 5.28. The van der Waals surface area contributed by atoms with Crippen molar-refractivity contribution < 1.29 is 13.9 Å². The van der Waals surface area contributed by atoms with Gasteiger partial charge in [-0.15, -0.1) is 0 Å². The Morgan fingerprint density at radius 3 is 2.79 bits per heavy atom. The van der Waals surface area contributed by atoms with Gasteiger partial charge in [0, 0.05) is 26.2 Å². The maximum Gasteiger partial charge on any atom is 0.119 e. The number of hydrogen-bond acceptors (Lipinski definition) is 5. The molecule has 2 aromatic rings. The molecule has 0 aliphatic carbocycles. The molecule has 3 rings (SSSR count). The summed E-state index contributed by atoms with van der Waals surface area (Å²) in [7, 11) is 0. The average Bonchev–Trinajstić information content (AvgIpc) is 3.02. The molecule has 130 valence electrons. The Labute approximate surface area is 143 Å². The van der Waals surface area contributed by atoms with Crippen molar-refractivity contribution in [3.8, 4) is 5.75 Å². The molecule has 0 unspecified atom stereocenters. The number of benzene rings is 1. The van der Waals surface area contributed by atoms with Crippen LogP contribution in [-0.2, 0) is 17.8 Å². The quantitative estimate of drug-likeness (QED) is 0.806. The fraction of sp³-hybridized carbons (Fsp3) is 0.474. The predicted molar refractivity (Wildman–Crippen MR) is 93.2 cm³/mol. The molecule has 1 N–H and O–H groups in total. The van der Waals surface area contributed by atoms with Gasteiger partial charge in [0.15, 0.2) is 0 Å². The normalized spacial score (nSPS) is 15.5. The molecule has 1 aliphatic heterocycles. The van der Waals surface area contributed by atoms with Crippen molar-refractivity contribution in [2.75, 3.05) is 39.5 Å². The second kappa shape index (κ2) is 8.87. The number of rotatable bonds is 8. The summed E-state index contributed by atoms with van der Waals surface area (Å²) in [5.41, 5.74) is 1.21. The number of nitrogens with zero attached hydrogens (tertiary/aromatic N) is 1. The Hall–Kier alpha value is -1.82. The van der Waals surface area contributed by atoms with Crippen LogP contribution in [0.4, 0.5) is 0 Å². The molecule has 24 heavy (non-hydrogen) atoms. The van der Waals surface area contributed by atoms with Gasteiger partial charge in [0.05, 0.1) is 19.8 Å². The van der Waals surface area contributed by atoms with E-state index in [9.17, 15) is 0 Å². The van der Waals surface area contributed by atoms with Crippen LogP contribution in [0.25, 0.3) is 0 Å². The molecule has 1 aromatic heterocycles. The Morgan fingerprint density at radius 1 is 1.12 bits per heavy atom. The molecular formula is C19H26N2O3. The van der Waals surface area contributed by atoms with E-state index >= 15 is 0 Å². The lowest BCUT2D eigenvalue weighted by atomic mass is 10.2. The van der Waals surface area contributed by atoms with E-state index in [4.69, 9.17) is 13.9 Å². The van der Waals surface area contributed by atoms with Crippen molar-refractivity contribution in [3.63, 3.8) is 0 Å². The Balaban J connectivity index is 1.40. The van der Waals surface area contributed by atoms with Crippen LogP contribution >= 0.6 is 0 Å². The van der Waals surface area contributed by atoms with Gasteiger partial charge in [-0.25, -0.2) is 0 Å². The summed E-state index contributed by atoms with van der Waals surface area (Å²) in [6, 6.07) is 12.2. The van der Waals surface area contributed by atoms with Gasteiger partial charge in [-0.3, -0.25) is 4.90 Å². The molecule has 0 radical (unpaired) electrons. The summed E-state index contributed by atoms with van der Waals surface area (Å²) in [5, 5.41) is 3.39. The molecule has 0 bridgehead atoms. The zero-order valence-corrected chi connectivity index (χ0v) is 14.3. The predicted octanol–water partition coefficient (Wildman–Crippen LogP) is 2.59. The summed E-state index contributed by atoms with van der Waals surface area (Å²) in [5.74, 6) is 2.84. The smallest absolute Gasteiger partial charge is 0.119 e. The fourth-order valence-electron chi connectivity index (χ4n) is 2.77. The van der Waals surface area contributed by atoms with Crippen LogP contribution < -0.4 is 10.1 Å². The van der Waals surface area contributed by atoms with Gasteiger partial charge in [-0.2, -0.15) is 0 Å². The van der Waals surface area contributed by atoms with Gasteiger partial charge < -0.3 is 19.2 Å². The Kier molecular flexibility index (Phi) is 6.29. The highest BCUT2D eigenvalue weighted by atomic mass is 16.5. The van der Waals surface area contributed by atoms with Crippen LogP contribution in [0, 0.1) is 6.92 Å². The number of morpholine rings is 1. The van der Waals surface area contributed by atoms with Gasteiger partial charge in [0.25, 0.3) is 0 Å². The zero-order chi connectivity index (χ0) is 16.6. The van der Waals surface area contributed by atoms with E-state index in [2.05, 4.69) is 22.3 Å². The van der Waals surface area contributed by atoms with E-state index in [1.165, 1.54) is 5.56 Å². The zero-order valence-electron chi connectivity index (χ0n) is 14.3. The minimum atomic E-state index is 0.711. The Bertz CT molecular complexity index is 621. The lowest BCUT2D eigenvalue weighted by Gasteiger charge is -2.26. The van der Waals surface area contributed by atoms with E-state index < -0.39 is 0 Å². The van der Waals surface area contributed by atoms with Crippen LogP contribution in [0.15, 0.2) is 40.8 Å². The molecule has 0 saturated carbocycles. The van der Waals surface area contributed by atoms with Gasteiger partial charge in [-0.05, 0) is 36.8 Å². The fourth-order valence-corrected chi connectivity index (χ4v) is 2.77. The summed E-state index contributed by atoms with van der Waals surface area (Å²) >= 11 is 0. The SMILES string of the molecule is Cc1ccc(CNCc2cccc(OCCN3CCOCC3)c2)o1. The lowest BCUT2D eigenvalue weighted by Crippen LogP contribution is -2.38. The summed E-state index contributed by atoms with van der Waals surface area (Å²) in [6.45, 7) is 8.80. The van der Waals surface area contributed by atoms with E-state index in [0.29, 0.717) is 6.61 Å². The van der Waals surface area contributed by atoms with E-state index in [0.717, 1.165) is 63.2 Å². The average molecular weight is 330 g/mol. The number of furan rings is 1. The first-order valence-electron chi connectivity index (χ1n) is 8.57. The molecule has 1 aromatic carbocycles. The van der Waals surface area contributed by atoms with Crippen LogP contribution in [-0.4, -0.2) is 44.4 Å². The van der Waals surface area contributed by atoms with E-state index in [1.807, 2.05) is 31.2 Å². The second-order valence-electron chi connectivity index (χ2n) is 6.07.